The number of aromatic amines is 2. The third-order valence-electron chi connectivity index (χ3n) is 6.36. The summed E-state index contributed by atoms with van der Waals surface area (Å²) in [4.78, 5) is 16.3. The summed E-state index contributed by atoms with van der Waals surface area (Å²) in [5.41, 5.74) is 7.60. The molecule has 7 nitrogen and oxygen atoms in total. The number of rotatable bonds is 8. The van der Waals surface area contributed by atoms with Crippen LogP contribution in [0.5, 0.6) is 5.75 Å². The molecule has 34 heavy (non-hydrogen) atoms. The second kappa shape index (κ2) is 9.83. The lowest BCUT2D eigenvalue weighted by Crippen LogP contribution is -2.14. The Morgan fingerprint density at radius 1 is 1.06 bits per heavy atom. The topological polar surface area (TPSA) is 90.7 Å². The summed E-state index contributed by atoms with van der Waals surface area (Å²) in [6.45, 7) is 6.65. The Bertz CT molecular complexity index is 1260. The molecule has 0 saturated heterocycles. The Hall–Kier alpha value is -3.42. The molecule has 1 aliphatic rings. The van der Waals surface area contributed by atoms with Crippen molar-refractivity contribution in [3.8, 4) is 39.4 Å². The van der Waals surface area contributed by atoms with Crippen molar-refractivity contribution in [3.05, 3.63) is 66.0 Å². The van der Waals surface area contributed by atoms with E-state index in [9.17, 15) is 0 Å². The first-order chi connectivity index (χ1) is 16.7. The first-order valence-corrected chi connectivity index (χ1v) is 12.0. The van der Waals surface area contributed by atoms with Crippen molar-refractivity contribution in [2.24, 2.45) is 0 Å². The molecular weight excluding hydrogens is 424 g/mol. The third kappa shape index (κ3) is 4.49. The Balaban J connectivity index is 1.37. The van der Waals surface area contributed by atoms with E-state index in [0.29, 0.717) is 6.61 Å². The van der Waals surface area contributed by atoms with Crippen LogP contribution in [0.2, 0.25) is 0 Å². The molecule has 3 heterocycles. The van der Waals surface area contributed by atoms with Gasteiger partial charge in [-0.15, -0.1) is 0 Å². The van der Waals surface area contributed by atoms with Crippen LogP contribution in [0.3, 0.4) is 0 Å². The average Bonchev–Trinajstić information content (AvgIpc) is 3.48. The Labute approximate surface area is 200 Å². The van der Waals surface area contributed by atoms with Gasteiger partial charge < -0.3 is 25.3 Å². The van der Waals surface area contributed by atoms with E-state index < -0.39 is 0 Å². The van der Waals surface area contributed by atoms with E-state index in [0.717, 1.165) is 82.7 Å². The molecule has 5 rings (SSSR count). The summed E-state index contributed by atoms with van der Waals surface area (Å²) >= 11 is 0. The fourth-order valence-electron chi connectivity index (χ4n) is 4.28. The molecule has 4 aromatic rings. The minimum absolute atomic E-state index is 0.174. The molecule has 0 fully saturated rings. The molecule has 0 bridgehead atoms. The van der Waals surface area contributed by atoms with Crippen LogP contribution in [0, 0.1) is 0 Å². The molecule has 1 aliphatic heterocycles. The summed E-state index contributed by atoms with van der Waals surface area (Å²) in [5.74, 6) is 2.80. The zero-order chi connectivity index (χ0) is 23.5. The number of hydrogen-bond acceptors (Lipinski definition) is 5. The van der Waals surface area contributed by atoms with Crippen molar-refractivity contribution < 1.29 is 4.74 Å². The Morgan fingerprint density at radius 3 is 2.65 bits per heavy atom. The number of nitrogens with one attached hydrogen (secondary N) is 4. The van der Waals surface area contributed by atoms with Crippen molar-refractivity contribution in [1.82, 2.24) is 30.6 Å². The molecule has 0 aliphatic carbocycles. The fourth-order valence-corrected chi connectivity index (χ4v) is 4.28. The number of H-pyrrole nitrogens is 2. The van der Waals surface area contributed by atoms with E-state index in [4.69, 9.17) is 9.72 Å². The second-order valence-electron chi connectivity index (χ2n) is 8.77. The number of aromatic nitrogens is 4. The van der Waals surface area contributed by atoms with Crippen molar-refractivity contribution in [1.29, 1.82) is 0 Å². The molecule has 4 N–H and O–H groups in total. The monoisotopic (exact) mass is 456 g/mol. The Morgan fingerprint density at radius 2 is 1.85 bits per heavy atom. The maximum Gasteiger partial charge on any atom is 0.129 e. The summed E-state index contributed by atoms with van der Waals surface area (Å²) in [7, 11) is 1.95. The standard InChI is InChI=1S/C27H32N6O/c1-4-12-29-16-25-30-15-23(31-25)19-7-5-18(6-8-19)20-9-10-21-24(14-20)34-13-11-22-26(21)33-27(32-22)17(2)28-3/h5-10,14-15,17,28-29H,4,11-13,16H2,1-3H3,(H,30,31)(H,32,33)/t17-/m0/s1. The molecule has 1 atom stereocenters. The SMILES string of the molecule is CCCNCc1ncc(-c2ccc(-c3ccc4c(c3)OCCc3[nH]c([C@H](C)NC)nc3-4)cc2)[nH]1. The van der Waals surface area contributed by atoms with Gasteiger partial charge in [-0.3, -0.25) is 0 Å². The van der Waals surface area contributed by atoms with Crippen molar-refractivity contribution in [2.45, 2.75) is 39.3 Å². The van der Waals surface area contributed by atoms with Crippen molar-refractivity contribution >= 4 is 0 Å². The Kier molecular flexibility index (Phi) is 6.47. The summed E-state index contributed by atoms with van der Waals surface area (Å²) in [6.07, 6.45) is 3.83. The van der Waals surface area contributed by atoms with Crippen LogP contribution in [-0.2, 0) is 13.0 Å². The number of ether oxygens (including phenoxy) is 1. The van der Waals surface area contributed by atoms with Gasteiger partial charge >= 0.3 is 0 Å². The smallest absolute Gasteiger partial charge is 0.129 e. The lowest BCUT2D eigenvalue weighted by molar-refractivity contribution is 0.325. The van der Waals surface area contributed by atoms with Crippen LogP contribution in [-0.4, -0.2) is 40.1 Å². The fraction of sp³-hybridized carbons (Fsp3) is 0.333. The number of fused-ring (bicyclic) bond motifs is 3. The largest absolute Gasteiger partial charge is 0.492 e. The van der Waals surface area contributed by atoms with Crippen LogP contribution in [0.25, 0.3) is 33.6 Å². The number of nitrogens with zero attached hydrogens (tertiary/aromatic N) is 2. The number of imidazole rings is 2. The quantitative estimate of drug-likeness (QED) is 0.285. The summed E-state index contributed by atoms with van der Waals surface area (Å²) < 4.78 is 6.12. The van der Waals surface area contributed by atoms with E-state index in [1.165, 1.54) is 0 Å². The van der Waals surface area contributed by atoms with Gasteiger partial charge in [0.05, 0.1) is 36.8 Å². The lowest BCUT2D eigenvalue weighted by Gasteiger charge is -2.11. The van der Waals surface area contributed by atoms with Crippen molar-refractivity contribution in [2.75, 3.05) is 20.2 Å². The van der Waals surface area contributed by atoms with E-state index in [-0.39, 0.29) is 6.04 Å². The minimum atomic E-state index is 0.174. The van der Waals surface area contributed by atoms with E-state index in [1.807, 2.05) is 13.2 Å². The van der Waals surface area contributed by atoms with E-state index in [1.54, 1.807) is 0 Å². The van der Waals surface area contributed by atoms with Crippen LogP contribution in [0.15, 0.2) is 48.7 Å². The van der Waals surface area contributed by atoms with E-state index in [2.05, 4.69) is 81.9 Å². The first-order valence-electron chi connectivity index (χ1n) is 12.0. The van der Waals surface area contributed by atoms with Gasteiger partial charge in [0, 0.05) is 17.7 Å². The normalized spacial score (nSPS) is 13.6. The van der Waals surface area contributed by atoms with Gasteiger partial charge in [-0.05, 0) is 55.8 Å². The van der Waals surface area contributed by atoms with Gasteiger partial charge in [0.25, 0.3) is 0 Å². The highest BCUT2D eigenvalue weighted by Crippen LogP contribution is 2.38. The van der Waals surface area contributed by atoms with Gasteiger partial charge in [-0.1, -0.05) is 37.3 Å². The van der Waals surface area contributed by atoms with Gasteiger partial charge in [0.15, 0.2) is 0 Å². The zero-order valence-corrected chi connectivity index (χ0v) is 20.0. The second-order valence-corrected chi connectivity index (χ2v) is 8.77. The molecule has 2 aromatic carbocycles. The number of benzene rings is 2. The predicted molar refractivity (Wildman–Crippen MR) is 136 cm³/mol. The zero-order valence-electron chi connectivity index (χ0n) is 20.0. The lowest BCUT2D eigenvalue weighted by atomic mass is 10.00. The molecule has 0 unspecified atom stereocenters. The highest BCUT2D eigenvalue weighted by molar-refractivity contribution is 5.77. The predicted octanol–water partition coefficient (Wildman–Crippen LogP) is 4.85. The number of hydrogen-bond donors (Lipinski definition) is 4. The summed E-state index contributed by atoms with van der Waals surface area (Å²) in [6, 6.07) is 15.1. The molecule has 2 aromatic heterocycles. The van der Waals surface area contributed by atoms with Gasteiger partial charge in [-0.25, -0.2) is 9.97 Å². The molecule has 0 spiro atoms. The third-order valence-corrected chi connectivity index (χ3v) is 6.36. The maximum absolute atomic E-state index is 6.12. The van der Waals surface area contributed by atoms with Gasteiger partial charge in [0.2, 0.25) is 0 Å². The first kappa shape index (κ1) is 22.4. The average molecular weight is 457 g/mol. The summed E-state index contributed by atoms with van der Waals surface area (Å²) in [5, 5.41) is 6.63. The molecular formula is C27H32N6O. The molecule has 0 saturated carbocycles. The van der Waals surface area contributed by atoms with Crippen molar-refractivity contribution in [3.63, 3.8) is 0 Å². The molecule has 7 heteroatoms. The maximum atomic E-state index is 6.12. The van der Waals surface area contributed by atoms with Crippen LogP contribution >= 0.6 is 0 Å². The highest BCUT2D eigenvalue weighted by atomic mass is 16.5. The van der Waals surface area contributed by atoms with Crippen LogP contribution in [0.4, 0.5) is 0 Å². The van der Waals surface area contributed by atoms with Crippen LogP contribution < -0.4 is 15.4 Å². The highest BCUT2D eigenvalue weighted by Gasteiger charge is 2.22. The van der Waals surface area contributed by atoms with Gasteiger partial charge in [0.1, 0.15) is 17.4 Å². The van der Waals surface area contributed by atoms with Gasteiger partial charge in [-0.2, -0.15) is 0 Å². The van der Waals surface area contributed by atoms with E-state index >= 15 is 0 Å². The molecule has 0 amide bonds. The molecule has 0 radical (unpaired) electrons. The minimum Gasteiger partial charge on any atom is -0.492 e. The molecule has 176 valence electrons. The van der Waals surface area contributed by atoms with Crippen LogP contribution in [0.1, 0.15) is 43.7 Å².